The minimum atomic E-state index is 0.449. The molecule has 0 unspecified atom stereocenters. The summed E-state index contributed by atoms with van der Waals surface area (Å²) in [6.07, 6.45) is 1.35. The molecule has 0 fully saturated rings. The first-order chi connectivity index (χ1) is 8.88. The van der Waals surface area contributed by atoms with Crippen LogP contribution in [0.25, 0.3) is 0 Å². The van der Waals surface area contributed by atoms with Crippen molar-refractivity contribution in [3.05, 3.63) is 65.7 Å². The summed E-state index contributed by atoms with van der Waals surface area (Å²) in [6, 6.07) is 20.1. The first kappa shape index (κ1) is 12.2. The molecule has 0 N–H and O–H groups in total. The topological polar surface area (TPSA) is 33.0 Å². The van der Waals surface area contributed by atoms with Crippen molar-refractivity contribution >= 4 is 0 Å². The minimum absolute atomic E-state index is 0.449. The average Bonchev–Trinajstić information content (AvgIpc) is 2.42. The van der Waals surface area contributed by atoms with Gasteiger partial charge in [0.25, 0.3) is 0 Å². The van der Waals surface area contributed by atoms with Crippen LogP contribution in [0.15, 0.2) is 54.6 Å². The molecule has 0 saturated heterocycles. The third kappa shape index (κ3) is 3.64. The normalized spacial score (nSPS) is 9.72. The zero-order valence-corrected chi connectivity index (χ0v) is 10.2. The van der Waals surface area contributed by atoms with E-state index in [0.717, 1.165) is 17.7 Å². The van der Waals surface area contributed by atoms with Crippen molar-refractivity contribution < 1.29 is 4.74 Å². The van der Waals surface area contributed by atoms with E-state index in [1.54, 1.807) is 0 Å². The van der Waals surface area contributed by atoms with Crippen LogP contribution in [-0.4, -0.2) is 6.61 Å². The van der Waals surface area contributed by atoms with Crippen LogP contribution in [0.5, 0.6) is 5.75 Å². The average molecular weight is 237 g/mol. The Morgan fingerprint density at radius 1 is 0.889 bits per heavy atom. The van der Waals surface area contributed by atoms with Crippen LogP contribution in [0.2, 0.25) is 0 Å². The minimum Gasteiger partial charge on any atom is -0.493 e. The summed E-state index contributed by atoms with van der Waals surface area (Å²) >= 11 is 0. The van der Waals surface area contributed by atoms with Crippen molar-refractivity contribution in [2.45, 2.75) is 12.8 Å². The standard InChI is InChI=1S/C16H15NO/c17-12-10-15-6-8-16(9-7-15)18-13-11-14-4-2-1-3-5-14/h1-9H,10-11,13H2. The van der Waals surface area contributed by atoms with Crippen molar-refractivity contribution in [3.8, 4) is 11.8 Å². The summed E-state index contributed by atoms with van der Waals surface area (Å²) in [7, 11) is 0. The Labute approximate surface area is 107 Å². The number of ether oxygens (including phenoxy) is 1. The molecule has 0 atom stereocenters. The van der Waals surface area contributed by atoms with E-state index in [2.05, 4.69) is 18.2 Å². The first-order valence-electron chi connectivity index (χ1n) is 6.01. The largest absolute Gasteiger partial charge is 0.493 e. The zero-order chi connectivity index (χ0) is 12.6. The van der Waals surface area contributed by atoms with Gasteiger partial charge in [0.1, 0.15) is 5.75 Å². The van der Waals surface area contributed by atoms with Crippen LogP contribution in [0.4, 0.5) is 0 Å². The number of rotatable bonds is 5. The summed E-state index contributed by atoms with van der Waals surface area (Å²) in [4.78, 5) is 0. The molecule has 2 aromatic rings. The van der Waals surface area contributed by atoms with Gasteiger partial charge in [-0.15, -0.1) is 0 Å². The van der Waals surface area contributed by atoms with Crippen LogP contribution < -0.4 is 4.74 Å². The highest BCUT2D eigenvalue weighted by atomic mass is 16.5. The van der Waals surface area contributed by atoms with Gasteiger partial charge in [0.15, 0.2) is 0 Å². The van der Waals surface area contributed by atoms with Gasteiger partial charge in [0, 0.05) is 6.42 Å². The molecule has 0 radical (unpaired) electrons. The van der Waals surface area contributed by atoms with Crippen molar-refractivity contribution in [1.29, 1.82) is 5.26 Å². The van der Waals surface area contributed by atoms with Crippen LogP contribution in [0.3, 0.4) is 0 Å². The fourth-order valence-corrected chi connectivity index (χ4v) is 1.73. The lowest BCUT2D eigenvalue weighted by Crippen LogP contribution is -2.01. The highest BCUT2D eigenvalue weighted by Gasteiger charge is 1.96. The van der Waals surface area contributed by atoms with Crippen molar-refractivity contribution in [3.63, 3.8) is 0 Å². The second-order valence-corrected chi connectivity index (χ2v) is 4.06. The summed E-state index contributed by atoms with van der Waals surface area (Å²) < 4.78 is 5.66. The third-order valence-electron chi connectivity index (χ3n) is 2.71. The molecule has 2 nitrogen and oxygen atoms in total. The lowest BCUT2D eigenvalue weighted by Gasteiger charge is -2.06. The predicted molar refractivity (Wildman–Crippen MR) is 71.4 cm³/mol. The summed E-state index contributed by atoms with van der Waals surface area (Å²) in [5, 5.41) is 8.58. The molecule has 0 aliphatic heterocycles. The van der Waals surface area contributed by atoms with Gasteiger partial charge < -0.3 is 4.74 Å². The van der Waals surface area contributed by atoms with E-state index in [-0.39, 0.29) is 0 Å². The monoisotopic (exact) mass is 237 g/mol. The Balaban J connectivity index is 1.82. The second-order valence-electron chi connectivity index (χ2n) is 4.06. The molecule has 0 aromatic heterocycles. The number of nitrogens with zero attached hydrogens (tertiary/aromatic N) is 1. The Kier molecular flexibility index (Phi) is 4.38. The molecule has 2 aromatic carbocycles. The number of benzene rings is 2. The van der Waals surface area contributed by atoms with Gasteiger partial charge in [-0.2, -0.15) is 5.26 Å². The van der Waals surface area contributed by atoms with E-state index < -0.39 is 0 Å². The molecule has 0 saturated carbocycles. The Morgan fingerprint density at radius 2 is 1.61 bits per heavy atom. The molecule has 0 bridgehead atoms. The highest BCUT2D eigenvalue weighted by Crippen LogP contribution is 2.13. The van der Waals surface area contributed by atoms with E-state index in [9.17, 15) is 0 Å². The fourth-order valence-electron chi connectivity index (χ4n) is 1.73. The molecule has 0 spiro atoms. The maximum absolute atomic E-state index is 8.58. The van der Waals surface area contributed by atoms with Crippen LogP contribution >= 0.6 is 0 Å². The first-order valence-corrected chi connectivity index (χ1v) is 6.01. The molecular formula is C16H15NO. The highest BCUT2D eigenvalue weighted by molar-refractivity contribution is 5.28. The number of hydrogen-bond donors (Lipinski definition) is 0. The van der Waals surface area contributed by atoms with Gasteiger partial charge in [-0.05, 0) is 23.3 Å². The van der Waals surface area contributed by atoms with Crippen molar-refractivity contribution in [2.75, 3.05) is 6.61 Å². The van der Waals surface area contributed by atoms with Gasteiger partial charge in [-0.1, -0.05) is 42.5 Å². The lowest BCUT2D eigenvalue weighted by atomic mass is 10.1. The second kappa shape index (κ2) is 6.46. The van der Waals surface area contributed by atoms with Gasteiger partial charge in [0.05, 0.1) is 19.1 Å². The SMILES string of the molecule is N#CCc1ccc(OCCc2ccccc2)cc1. The van der Waals surface area contributed by atoms with E-state index in [4.69, 9.17) is 10.00 Å². The molecule has 0 amide bonds. The van der Waals surface area contributed by atoms with Crippen LogP contribution in [0.1, 0.15) is 11.1 Å². The van der Waals surface area contributed by atoms with Crippen molar-refractivity contribution in [1.82, 2.24) is 0 Å². The maximum atomic E-state index is 8.58. The molecule has 2 heteroatoms. The predicted octanol–water partition coefficient (Wildman–Crippen LogP) is 3.37. The molecule has 0 aliphatic rings. The van der Waals surface area contributed by atoms with Gasteiger partial charge in [-0.25, -0.2) is 0 Å². The van der Waals surface area contributed by atoms with Crippen LogP contribution in [-0.2, 0) is 12.8 Å². The number of hydrogen-bond acceptors (Lipinski definition) is 2. The lowest BCUT2D eigenvalue weighted by molar-refractivity contribution is 0.322. The van der Waals surface area contributed by atoms with E-state index >= 15 is 0 Å². The summed E-state index contributed by atoms with van der Waals surface area (Å²) in [5.41, 5.74) is 2.30. The molecule has 2 rings (SSSR count). The van der Waals surface area contributed by atoms with Gasteiger partial charge in [0.2, 0.25) is 0 Å². The quantitative estimate of drug-likeness (QED) is 0.798. The van der Waals surface area contributed by atoms with E-state index in [0.29, 0.717) is 13.0 Å². The third-order valence-corrected chi connectivity index (χ3v) is 2.71. The molecular weight excluding hydrogens is 222 g/mol. The Hall–Kier alpha value is -2.27. The Morgan fingerprint density at radius 3 is 2.28 bits per heavy atom. The number of nitriles is 1. The molecule has 0 heterocycles. The summed E-state index contributed by atoms with van der Waals surface area (Å²) in [5.74, 6) is 0.854. The van der Waals surface area contributed by atoms with E-state index in [1.165, 1.54) is 5.56 Å². The molecule has 18 heavy (non-hydrogen) atoms. The van der Waals surface area contributed by atoms with Crippen molar-refractivity contribution in [2.24, 2.45) is 0 Å². The smallest absolute Gasteiger partial charge is 0.119 e. The van der Waals surface area contributed by atoms with Gasteiger partial charge >= 0.3 is 0 Å². The Bertz CT molecular complexity index is 511. The van der Waals surface area contributed by atoms with Crippen LogP contribution in [0, 0.1) is 11.3 Å². The zero-order valence-electron chi connectivity index (χ0n) is 10.2. The summed E-state index contributed by atoms with van der Waals surface area (Å²) in [6.45, 7) is 0.668. The maximum Gasteiger partial charge on any atom is 0.119 e. The van der Waals surface area contributed by atoms with E-state index in [1.807, 2.05) is 42.5 Å². The molecule has 90 valence electrons. The van der Waals surface area contributed by atoms with Gasteiger partial charge in [-0.3, -0.25) is 0 Å². The fraction of sp³-hybridized carbons (Fsp3) is 0.188. The molecule has 0 aliphatic carbocycles.